The molecule has 2 aromatic carbocycles. The van der Waals surface area contributed by atoms with Crippen LogP contribution in [0.4, 0.5) is 5.69 Å². The van der Waals surface area contributed by atoms with Crippen molar-refractivity contribution in [2.24, 2.45) is 0 Å². The first-order valence-corrected chi connectivity index (χ1v) is 9.71. The molecule has 136 valence electrons. The third-order valence-corrected chi connectivity index (χ3v) is 4.97. The minimum atomic E-state index is -0.571. The van der Waals surface area contributed by atoms with E-state index in [-0.39, 0.29) is 19.1 Å². The SMILES string of the molecule is CSc1ccccc1NC(=O)COC(=O)COc1ccc2c(c1)CCC2. The van der Waals surface area contributed by atoms with Gasteiger partial charge in [0, 0.05) is 4.90 Å². The summed E-state index contributed by atoms with van der Waals surface area (Å²) >= 11 is 1.53. The van der Waals surface area contributed by atoms with Crippen molar-refractivity contribution in [2.45, 2.75) is 24.2 Å². The smallest absolute Gasteiger partial charge is 0.344 e. The lowest BCUT2D eigenvalue weighted by atomic mass is 10.1. The number of fused-ring (bicyclic) bond motifs is 1. The summed E-state index contributed by atoms with van der Waals surface area (Å²) in [6.07, 6.45) is 5.25. The van der Waals surface area contributed by atoms with Crippen molar-refractivity contribution in [2.75, 3.05) is 24.8 Å². The molecule has 0 radical (unpaired) electrons. The number of benzene rings is 2. The Morgan fingerprint density at radius 2 is 1.88 bits per heavy atom. The summed E-state index contributed by atoms with van der Waals surface area (Å²) in [6.45, 7) is -0.553. The molecule has 1 N–H and O–H groups in total. The minimum absolute atomic E-state index is 0.215. The summed E-state index contributed by atoms with van der Waals surface area (Å²) in [4.78, 5) is 24.7. The van der Waals surface area contributed by atoms with Gasteiger partial charge in [-0.15, -0.1) is 11.8 Å². The lowest BCUT2D eigenvalue weighted by Gasteiger charge is -2.10. The second-order valence-corrected chi connectivity index (χ2v) is 6.83. The van der Waals surface area contributed by atoms with Gasteiger partial charge in [0.15, 0.2) is 13.2 Å². The number of aryl methyl sites for hydroxylation is 2. The van der Waals surface area contributed by atoms with Gasteiger partial charge in [-0.3, -0.25) is 4.79 Å². The highest BCUT2D eigenvalue weighted by Crippen LogP contribution is 2.26. The first-order chi connectivity index (χ1) is 12.7. The van der Waals surface area contributed by atoms with E-state index in [0.29, 0.717) is 11.4 Å². The monoisotopic (exact) mass is 371 g/mol. The topological polar surface area (TPSA) is 64.6 Å². The van der Waals surface area contributed by atoms with E-state index in [0.717, 1.165) is 24.2 Å². The van der Waals surface area contributed by atoms with Gasteiger partial charge in [0.1, 0.15) is 5.75 Å². The van der Waals surface area contributed by atoms with E-state index in [9.17, 15) is 9.59 Å². The zero-order chi connectivity index (χ0) is 18.4. The number of para-hydroxylation sites is 1. The molecule has 0 atom stereocenters. The van der Waals surface area contributed by atoms with Crippen LogP contribution >= 0.6 is 11.8 Å². The molecule has 3 rings (SSSR count). The van der Waals surface area contributed by atoms with Gasteiger partial charge < -0.3 is 14.8 Å². The summed E-state index contributed by atoms with van der Waals surface area (Å²) in [5.41, 5.74) is 3.33. The van der Waals surface area contributed by atoms with E-state index in [1.54, 1.807) is 0 Å². The van der Waals surface area contributed by atoms with Crippen molar-refractivity contribution in [3.05, 3.63) is 53.6 Å². The van der Waals surface area contributed by atoms with Gasteiger partial charge >= 0.3 is 5.97 Å². The average molecular weight is 371 g/mol. The van der Waals surface area contributed by atoms with E-state index in [1.807, 2.05) is 48.7 Å². The molecule has 26 heavy (non-hydrogen) atoms. The normalized spacial score (nSPS) is 12.3. The summed E-state index contributed by atoms with van der Waals surface area (Å²) in [5.74, 6) is -0.294. The summed E-state index contributed by atoms with van der Waals surface area (Å²) in [6, 6.07) is 13.3. The van der Waals surface area contributed by atoms with Crippen LogP contribution in [0.5, 0.6) is 5.75 Å². The zero-order valence-electron chi connectivity index (χ0n) is 14.6. The fraction of sp³-hybridized carbons (Fsp3) is 0.300. The molecule has 6 heteroatoms. The highest BCUT2D eigenvalue weighted by molar-refractivity contribution is 7.98. The molecule has 1 amide bonds. The molecule has 0 spiro atoms. The molecule has 0 saturated heterocycles. The molecule has 1 aliphatic rings. The Hall–Kier alpha value is -2.47. The zero-order valence-corrected chi connectivity index (χ0v) is 15.4. The van der Waals surface area contributed by atoms with Gasteiger partial charge in [-0.05, 0) is 60.9 Å². The van der Waals surface area contributed by atoms with Crippen molar-refractivity contribution in [1.82, 2.24) is 0 Å². The van der Waals surface area contributed by atoms with Crippen molar-refractivity contribution in [3.8, 4) is 5.75 Å². The van der Waals surface area contributed by atoms with Gasteiger partial charge in [-0.1, -0.05) is 18.2 Å². The van der Waals surface area contributed by atoms with E-state index in [4.69, 9.17) is 9.47 Å². The molecule has 0 saturated carbocycles. The van der Waals surface area contributed by atoms with Crippen molar-refractivity contribution >= 4 is 29.3 Å². The van der Waals surface area contributed by atoms with E-state index >= 15 is 0 Å². The average Bonchev–Trinajstić information content (AvgIpc) is 3.13. The van der Waals surface area contributed by atoms with E-state index in [1.165, 1.54) is 22.9 Å². The number of hydrogen-bond donors (Lipinski definition) is 1. The van der Waals surface area contributed by atoms with Crippen molar-refractivity contribution in [3.63, 3.8) is 0 Å². The van der Waals surface area contributed by atoms with Gasteiger partial charge in [0.05, 0.1) is 5.69 Å². The highest BCUT2D eigenvalue weighted by atomic mass is 32.2. The number of esters is 1. The molecule has 2 aromatic rings. The lowest BCUT2D eigenvalue weighted by Crippen LogP contribution is -2.23. The fourth-order valence-electron chi connectivity index (χ4n) is 2.90. The second-order valence-electron chi connectivity index (χ2n) is 5.98. The van der Waals surface area contributed by atoms with Crippen LogP contribution in [0.25, 0.3) is 0 Å². The third kappa shape index (κ3) is 4.79. The highest BCUT2D eigenvalue weighted by Gasteiger charge is 2.13. The summed E-state index contributed by atoms with van der Waals surface area (Å²) in [7, 11) is 0. The number of anilines is 1. The summed E-state index contributed by atoms with van der Waals surface area (Å²) < 4.78 is 10.5. The number of amides is 1. The molecular weight excluding hydrogens is 350 g/mol. The predicted molar refractivity (Wildman–Crippen MR) is 102 cm³/mol. The number of rotatable bonds is 7. The first-order valence-electron chi connectivity index (χ1n) is 8.49. The molecular formula is C20H21NO4S. The van der Waals surface area contributed by atoms with Gasteiger partial charge in [-0.25, -0.2) is 4.79 Å². The largest absolute Gasteiger partial charge is 0.482 e. The molecule has 0 aliphatic heterocycles. The Balaban J connectivity index is 1.43. The van der Waals surface area contributed by atoms with Crippen LogP contribution < -0.4 is 10.1 Å². The Morgan fingerprint density at radius 3 is 2.73 bits per heavy atom. The molecule has 0 unspecified atom stereocenters. The number of hydrogen-bond acceptors (Lipinski definition) is 5. The number of nitrogens with one attached hydrogen (secondary N) is 1. The molecule has 0 fully saturated rings. The molecule has 5 nitrogen and oxygen atoms in total. The maximum atomic E-state index is 11.9. The van der Waals surface area contributed by atoms with Crippen LogP contribution in [0.1, 0.15) is 17.5 Å². The Labute approximate surface area is 157 Å². The minimum Gasteiger partial charge on any atom is -0.482 e. The van der Waals surface area contributed by atoms with Crippen LogP contribution in [0, 0.1) is 0 Å². The predicted octanol–water partition coefficient (Wildman–Crippen LogP) is 3.46. The van der Waals surface area contributed by atoms with Crippen molar-refractivity contribution in [1.29, 1.82) is 0 Å². The second kappa shape index (κ2) is 8.76. The number of carbonyl (C=O) groups excluding carboxylic acids is 2. The Bertz CT molecular complexity index is 806. The molecule has 0 heterocycles. The third-order valence-electron chi connectivity index (χ3n) is 4.17. The number of thioether (sulfide) groups is 1. The number of carbonyl (C=O) groups is 2. The van der Waals surface area contributed by atoms with Crippen molar-refractivity contribution < 1.29 is 19.1 Å². The maximum absolute atomic E-state index is 11.9. The maximum Gasteiger partial charge on any atom is 0.344 e. The standard InChI is InChI=1S/C20H21NO4S/c1-26-18-8-3-2-7-17(18)21-19(22)12-25-20(23)13-24-16-10-9-14-5-4-6-15(14)11-16/h2-3,7-11H,4-6,12-13H2,1H3,(H,21,22). The molecule has 1 aliphatic carbocycles. The summed E-state index contributed by atoms with van der Waals surface area (Å²) in [5, 5.41) is 2.74. The van der Waals surface area contributed by atoms with Crippen LogP contribution in [-0.4, -0.2) is 31.3 Å². The van der Waals surface area contributed by atoms with Crippen LogP contribution in [-0.2, 0) is 27.2 Å². The Kier molecular flexibility index (Phi) is 6.17. The number of ether oxygens (including phenoxy) is 2. The first kappa shape index (κ1) is 18.3. The molecule has 0 aromatic heterocycles. The van der Waals surface area contributed by atoms with Crippen LogP contribution in [0.3, 0.4) is 0 Å². The fourth-order valence-corrected chi connectivity index (χ4v) is 3.46. The van der Waals surface area contributed by atoms with E-state index < -0.39 is 5.97 Å². The van der Waals surface area contributed by atoms with Crippen LogP contribution in [0.2, 0.25) is 0 Å². The lowest BCUT2D eigenvalue weighted by molar-refractivity contribution is -0.149. The van der Waals surface area contributed by atoms with Crippen LogP contribution in [0.15, 0.2) is 47.4 Å². The quantitative estimate of drug-likeness (QED) is 0.596. The van der Waals surface area contributed by atoms with Gasteiger partial charge in [0.2, 0.25) is 0 Å². The Morgan fingerprint density at radius 1 is 1.08 bits per heavy atom. The molecule has 0 bridgehead atoms. The van der Waals surface area contributed by atoms with Gasteiger partial charge in [0.25, 0.3) is 5.91 Å². The van der Waals surface area contributed by atoms with E-state index in [2.05, 4.69) is 5.32 Å². The van der Waals surface area contributed by atoms with Gasteiger partial charge in [-0.2, -0.15) is 0 Å².